The molecule has 1 fully saturated rings. The number of piperazine rings is 1. The van der Waals surface area contributed by atoms with Gasteiger partial charge in [0.15, 0.2) is 6.29 Å². The van der Waals surface area contributed by atoms with E-state index in [0.717, 1.165) is 31.7 Å². The highest BCUT2D eigenvalue weighted by Crippen LogP contribution is 2.27. The molecule has 0 bridgehead atoms. The van der Waals surface area contributed by atoms with Gasteiger partial charge in [0.25, 0.3) is 0 Å². The number of carbonyl (C=O) groups is 1. The molecule has 21 heavy (non-hydrogen) atoms. The fourth-order valence-electron chi connectivity index (χ4n) is 2.87. The molecule has 0 radical (unpaired) electrons. The summed E-state index contributed by atoms with van der Waals surface area (Å²) in [5.41, 5.74) is 1.96. The van der Waals surface area contributed by atoms with Gasteiger partial charge in [0.05, 0.1) is 11.6 Å². The number of aldehydes is 1. The average molecular weight is 281 g/mol. The van der Waals surface area contributed by atoms with Crippen LogP contribution >= 0.6 is 0 Å². The molecule has 0 N–H and O–H groups in total. The summed E-state index contributed by atoms with van der Waals surface area (Å²) in [6.07, 6.45) is 2.64. The summed E-state index contributed by atoms with van der Waals surface area (Å²) in [6.45, 7) is 2.69. The molecule has 108 valence electrons. The molecule has 1 aromatic carbocycles. The molecule has 1 unspecified atom stereocenters. The normalized spacial score (nSPS) is 19.5. The highest BCUT2D eigenvalue weighted by Gasteiger charge is 2.27. The molecule has 3 rings (SSSR count). The number of hydrogen-bond acceptors (Lipinski definition) is 4. The van der Waals surface area contributed by atoms with Gasteiger partial charge < -0.3 is 4.90 Å². The predicted molar refractivity (Wildman–Crippen MR) is 83.7 cm³/mol. The molecule has 1 atom stereocenters. The molecule has 2 heterocycles. The first kappa shape index (κ1) is 13.8. The first-order chi connectivity index (χ1) is 10.3. The second kappa shape index (κ2) is 6.06. The monoisotopic (exact) mass is 281 g/mol. The third-order valence-electron chi connectivity index (χ3n) is 4.08. The minimum absolute atomic E-state index is 0.321. The van der Waals surface area contributed by atoms with Crippen LogP contribution in [0.4, 0.5) is 5.82 Å². The van der Waals surface area contributed by atoms with Crippen molar-refractivity contribution in [1.82, 2.24) is 9.88 Å². The molecule has 1 saturated heterocycles. The van der Waals surface area contributed by atoms with Crippen LogP contribution in [0.3, 0.4) is 0 Å². The van der Waals surface area contributed by atoms with Crippen molar-refractivity contribution in [2.24, 2.45) is 0 Å². The number of pyridine rings is 1. The van der Waals surface area contributed by atoms with Crippen LogP contribution in [0, 0.1) is 0 Å². The molecule has 0 saturated carbocycles. The van der Waals surface area contributed by atoms with Gasteiger partial charge in [0.2, 0.25) is 0 Å². The molecular weight excluding hydrogens is 262 g/mol. The Morgan fingerprint density at radius 2 is 1.95 bits per heavy atom. The number of benzene rings is 1. The Labute approximate surface area is 125 Å². The van der Waals surface area contributed by atoms with Crippen LogP contribution in [0.1, 0.15) is 22.0 Å². The second-order valence-corrected chi connectivity index (χ2v) is 5.39. The largest absolute Gasteiger partial charge is 0.353 e. The SMILES string of the molecule is CN1CCN(c2ncccc2C=O)CC1c1ccccc1. The Hall–Kier alpha value is -2.20. The van der Waals surface area contributed by atoms with E-state index in [2.05, 4.69) is 46.1 Å². The first-order valence-corrected chi connectivity index (χ1v) is 7.20. The van der Waals surface area contributed by atoms with Gasteiger partial charge in [0, 0.05) is 25.8 Å². The smallest absolute Gasteiger partial charge is 0.153 e. The summed E-state index contributed by atoms with van der Waals surface area (Å²) in [4.78, 5) is 20.2. The van der Waals surface area contributed by atoms with E-state index < -0.39 is 0 Å². The maximum Gasteiger partial charge on any atom is 0.153 e. The van der Waals surface area contributed by atoms with E-state index >= 15 is 0 Å². The van der Waals surface area contributed by atoms with E-state index in [1.807, 2.05) is 12.1 Å². The first-order valence-electron chi connectivity index (χ1n) is 7.20. The third kappa shape index (κ3) is 2.81. The van der Waals surface area contributed by atoms with Crippen molar-refractivity contribution in [2.75, 3.05) is 31.6 Å². The zero-order chi connectivity index (χ0) is 14.7. The Morgan fingerprint density at radius 3 is 2.71 bits per heavy atom. The summed E-state index contributed by atoms with van der Waals surface area (Å²) >= 11 is 0. The summed E-state index contributed by atoms with van der Waals surface area (Å²) in [5.74, 6) is 0.793. The maximum atomic E-state index is 11.2. The van der Waals surface area contributed by atoms with Crippen molar-refractivity contribution >= 4 is 12.1 Å². The topological polar surface area (TPSA) is 36.4 Å². The van der Waals surface area contributed by atoms with Gasteiger partial charge in [-0.2, -0.15) is 0 Å². The Morgan fingerprint density at radius 1 is 1.14 bits per heavy atom. The van der Waals surface area contributed by atoms with Crippen molar-refractivity contribution < 1.29 is 4.79 Å². The van der Waals surface area contributed by atoms with Crippen LogP contribution < -0.4 is 4.90 Å². The van der Waals surface area contributed by atoms with Gasteiger partial charge in [-0.1, -0.05) is 30.3 Å². The fourth-order valence-corrected chi connectivity index (χ4v) is 2.87. The van der Waals surface area contributed by atoms with Crippen LogP contribution in [0.5, 0.6) is 0 Å². The van der Waals surface area contributed by atoms with Gasteiger partial charge in [0.1, 0.15) is 5.82 Å². The lowest BCUT2D eigenvalue weighted by Crippen LogP contribution is -2.47. The van der Waals surface area contributed by atoms with Gasteiger partial charge in [-0.25, -0.2) is 4.98 Å². The van der Waals surface area contributed by atoms with E-state index in [4.69, 9.17) is 0 Å². The molecule has 2 aromatic rings. The van der Waals surface area contributed by atoms with Crippen LogP contribution in [0.15, 0.2) is 48.7 Å². The number of likely N-dealkylation sites (N-methyl/N-ethyl adjacent to an activating group) is 1. The standard InChI is InChI=1S/C17H19N3O/c1-19-10-11-20(17-15(13-21)8-5-9-18-17)12-16(19)14-6-3-2-4-7-14/h2-9,13,16H,10-12H2,1H3. The van der Waals surface area contributed by atoms with Gasteiger partial charge in [-0.15, -0.1) is 0 Å². The van der Waals surface area contributed by atoms with Crippen molar-refractivity contribution in [3.05, 3.63) is 59.8 Å². The van der Waals surface area contributed by atoms with Crippen molar-refractivity contribution in [3.63, 3.8) is 0 Å². The number of carbonyl (C=O) groups excluding carboxylic acids is 1. The van der Waals surface area contributed by atoms with E-state index in [-0.39, 0.29) is 0 Å². The average Bonchev–Trinajstić information content (AvgIpc) is 2.56. The van der Waals surface area contributed by atoms with E-state index in [0.29, 0.717) is 11.6 Å². The molecule has 1 aliphatic heterocycles. The zero-order valence-corrected chi connectivity index (χ0v) is 12.1. The summed E-state index contributed by atoms with van der Waals surface area (Å²) in [5, 5.41) is 0. The maximum absolute atomic E-state index is 11.2. The predicted octanol–water partition coefficient (Wildman–Crippen LogP) is 2.39. The number of hydrogen-bond donors (Lipinski definition) is 0. The lowest BCUT2D eigenvalue weighted by molar-refractivity contribution is 0.112. The lowest BCUT2D eigenvalue weighted by Gasteiger charge is -2.40. The van der Waals surface area contributed by atoms with Crippen LogP contribution in [-0.4, -0.2) is 42.9 Å². The summed E-state index contributed by atoms with van der Waals surface area (Å²) in [7, 11) is 2.15. The third-order valence-corrected chi connectivity index (χ3v) is 4.08. The molecule has 0 aliphatic carbocycles. The van der Waals surface area contributed by atoms with Crippen molar-refractivity contribution in [1.29, 1.82) is 0 Å². The molecule has 0 spiro atoms. The Bertz CT molecular complexity index is 614. The summed E-state index contributed by atoms with van der Waals surface area (Å²) in [6, 6.07) is 14.4. The van der Waals surface area contributed by atoms with E-state index in [1.165, 1.54) is 5.56 Å². The molecule has 0 amide bonds. The highest BCUT2D eigenvalue weighted by atomic mass is 16.1. The van der Waals surface area contributed by atoms with Gasteiger partial charge in [-0.05, 0) is 24.7 Å². The number of nitrogens with zero attached hydrogens (tertiary/aromatic N) is 3. The minimum atomic E-state index is 0.321. The van der Waals surface area contributed by atoms with Crippen molar-refractivity contribution in [2.45, 2.75) is 6.04 Å². The number of aromatic nitrogens is 1. The lowest BCUT2D eigenvalue weighted by atomic mass is 10.0. The van der Waals surface area contributed by atoms with Crippen LogP contribution in [0.25, 0.3) is 0 Å². The minimum Gasteiger partial charge on any atom is -0.353 e. The zero-order valence-electron chi connectivity index (χ0n) is 12.1. The molecule has 4 nitrogen and oxygen atoms in total. The quantitative estimate of drug-likeness (QED) is 0.809. The van der Waals surface area contributed by atoms with Crippen LogP contribution in [-0.2, 0) is 0 Å². The van der Waals surface area contributed by atoms with Gasteiger partial charge >= 0.3 is 0 Å². The summed E-state index contributed by atoms with van der Waals surface area (Å²) < 4.78 is 0. The van der Waals surface area contributed by atoms with E-state index in [9.17, 15) is 4.79 Å². The fraction of sp³-hybridized carbons (Fsp3) is 0.294. The highest BCUT2D eigenvalue weighted by molar-refractivity contribution is 5.82. The van der Waals surface area contributed by atoms with Crippen molar-refractivity contribution in [3.8, 4) is 0 Å². The Balaban J connectivity index is 1.87. The van der Waals surface area contributed by atoms with E-state index in [1.54, 1.807) is 12.3 Å². The second-order valence-electron chi connectivity index (χ2n) is 5.39. The molecule has 1 aromatic heterocycles. The molecule has 1 aliphatic rings. The van der Waals surface area contributed by atoms with Crippen LogP contribution in [0.2, 0.25) is 0 Å². The number of rotatable bonds is 3. The Kier molecular flexibility index (Phi) is 3.97. The molecule has 4 heteroatoms. The van der Waals surface area contributed by atoms with Gasteiger partial charge in [-0.3, -0.25) is 9.69 Å². The number of anilines is 1. The molecular formula is C17H19N3O.